The van der Waals surface area contributed by atoms with E-state index in [1.165, 1.54) is 0 Å². The molecule has 0 spiro atoms. The van der Waals surface area contributed by atoms with Gasteiger partial charge >= 0.3 is 0 Å². The zero-order valence-corrected chi connectivity index (χ0v) is 15.2. The minimum atomic E-state index is -0.513. The Morgan fingerprint density at radius 1 is 1.00 bits per heavy atom. The van der Waals surface area contributed by atoms with Gasteiger partial charge in [0, 0.05) is 18.4 Å². The first-order chi connectivity index (χ1) is 13.7. The molecule has 3 aromatic rings. The first-order valence-electron chi connectivity index (χ1n) is 9.15. The molecule has 7 heteroatoms. The fourth-order valence-corrected chi connectivity index (χ4v) is 3.11. The number of hydrazine groups is 1. The Morgan fingerprint density at radius 3 is 2.39 bits per heavy atom. The molecule has 0 saturated carbocycles. The van der Waals surface area contributed by atoms with Crippen LogP contribution in [0.25, 0.3) is 16.9 Å². The van der Waals surface area contributed by atoms with Crippen LogP contribution in [0.3, 0.4) is 0 Å². The van der Waals surface area contributed by atoms with E-state index in [1.807, 2.05) is 60.7 Å². The molecular formula is C21H20N4O3. The molecule has 2 N–H and O–H groups in total. The van der Waals surface area contributed by atoms with Gasteiger partial charge in [-0.2, -0.15) is 5.10 Å². The SMILES string of the molecule is O=C(NNC(=O)C1CCCO1)c1cn(-c2ccccc2)nc1-c1ccccc1. The maximum atomic E-state index is 12.8. The zero-order chi connectivity index (χ0) is 19.3. The Hall–Kier alpha value is -3.45. The molecule has 2 aromatic carbocycles. The van der Waals surface area contributed by atoms with Crippen molar-refractivity contribution in [3.05, 3.63) is 72.4 Å². The molecule has 0 bridgehead atoms. The number of carbonyl (C=O) groups excluding carboxylic acids is 2. The van der Waals surface area contributed by atoms with Crippen LogP contribution in [0.5, 0.6) is 0 Å². The van der Waals surface area contributed by atoms with Crippen LogP contribution in [-0.2, 0) is 9.53 Å². The van der Waals surface area contributed by atoms with E-state index in [2.05, 4.69) is 16.0 Å². The van der Waals surface area contributed by atoms with Gasteiger partial charge in [-0.1, -0.05) is 48.5 Å². The molecule has 1 unspecified atom stereocenters. The molecule has 1 aliphatic rings. The smallest absolute Gasteiger partial charge is 0.273 e. The molecule has 7 nitrogen and oxygen atoms in total. The summed E-state index contributed by atoms with van der Waals surface area (Å²) in [4.78, 5) is 24.9. The van der Waals surface area contributed by atoms with Gasteiger partial charge < -0.3 is 4.74 Å². The Labute approximate surface area is 162 Å². The summed E-state index contributed by atoms with van der Waals surface area (Å²) in [6.45, 7) is 0.564. The van der Waals surface area contributed by atoms with Gasteiger partial charge in [0.1, 0.15) is 11.8 Å². The number of hydrogen-bond donors (Lipinski definition) is 2. The van der Waals surface area contributed by atoms with Crippen LogP contribution >= 0.6 is 0 Å². The lowest BCUT2D eigenvalue weighted by Crippen LogP contribution is -2.46. The number of benzene rings is 2. The molecule has 2 heterocycles. The Morgan fingerprint density at radius 2 is 1.71 bits per heavy atom. The quantitative estimate of drug-likeness (QED) is 0.685. The monoisotopic (exact) mass is 376 g/mol. The minimum absolute atomic E-state index is 0.345. The van der Waals surface area contributed by atoms with Gasteiger partial charge in [0.2, 0.25) is 0 Å². The summed E-state index contributed by atoms with van der Waals surface area (Å²) in [5.41, 5.74) is 7.48. The Bertz CT molecular complexity index is 964. The first-order valence-corrected chi connectivity index (χ1v) is 9.15. The van der Waals surface area contributed by atoms with Crippen molar-refractivity contribution in [2.24, 2.45) is 0 Å². The van der Waals surface area contributed by atoms with Gasteiger partial charge in [-0.3, -0.25) is 20.4 Å². The average molecular weight is 376 g/mol. The van der Waals surface area contributed by atoms with Gasteiger partial charge in [0.05, 0.1) is 11.3 Å². The topological polar surface area (TPSA) is 85.3 Å². The van der Waals surface area contributed by atoms with Crippen molar-refractivity contribution in [1.82, 2.24) is 20.6 Å². The van der Waals surface area contributed by atoms with E-state index in [-0.39, 0.29) is 5.91 Å². The zero-order valence-electron chi connectivity index (χ0n) is 15.2. The van der Waals surface area contributed by atoms with E-state index in [0.717, 1.165) is 17.7 Å². The minimum Gasteiger partial charge on any atom is -0.368 e. The Balaban J connectivity index is 1.60. The molecule has 2 amide bonds. The molecule has 4 rings (SSSR count). The third-order valence-corrected chi connectivity index (χ3v) is 4.55. The third kappa shape index (κ3) is 3.79. The summed E-state index contributed by atoms with van der Waals surface area (Å²) in [6.07, 6.45) is 2.64. The first kappa shape index (κ1) is 17.9. The van der Waals surface area contributed by atoms with Gasteiger partial charge in [-0.15, -0.1) is 0 Å². The molecule has 1 aliphatic heterocycles. The predicted octanol–water partition coefficient (Wildman–Crippen LogP) is 2.48. The average Bonchev–Trinajstić information content (AvgIpc) is 3.43. The number of para-hydroxylation sites is 1. The van der Waals surface area contributed by atoms with Gasteiger partial charge in [-0.05, 0) is 25.0 Å². The molecule has 0 aliphatic carbocycles. The number of aromatic nitrogens is 2. The predicted molar refractivity (Wildman–Crippen MR) is 104 cm³/mol. The van der Waals surface area contributed by atoms with E-state index in [1.54, 1.807) is 10.9 Å². The molecule has 142 valence electrons. The normalized spacial score (nSPS) is 15.9. The fraction of sp³-hybridized carbons (Fsp3) is 0.190. The van der Waals surface area contributed by atoms with Crippen LogP contribution in [0.4, 0.5) is 0 Å². The lowest BCUT2D eigenvalue weighted by molar-refractivity contribution is -0.130. The highest BCUT2D eigenvalue weighted by molar-refractivity contribution is 6.00. The largest absolute Gasteiger partial charge is 0.368 e. The summed E-state index contributed by atoms with van der Waals surface area (Å²) < 4.78 is 6.98. The number of ether oxygens (including phenoxy) is 1. The molecule has 1 fully saturated rings. The summed E-state index contributed by atoms with van der Waals surface area (Å²) in [7, 11) is 0. The van der Waals surface area contributed by atoms with Crippen LogP contribution < -0.4 is 10.9 Å². The molecule has 1 saturated heterocycles. The highest BCUT2D eigenvalue weighted by atomic mass is 16.5. The van der Waals surface area contributed by atoms with Crippen LogP contribution in [-0.4, -0.2) is 34.3 Å². The van der Waals surface area contributed by atoms with Crippen molar-refractivity contribution < 1.29 is 14.3 Å². The molecular weight excluding hydrogens is 356 g/mol. The molecule has 1 aromatic heterocycles. The second kappa shape index (κ2) is 8.06. The second-order valence-electron chi connectivity index (χ2n) is 6.48. The van der Waals surface area contributed by atoms with Crippen molar-refractivity contribution in [2.45, 2.75) is 18.9 Å². The fourth-order valence-electron chi connectivity index (χ4n) is 3.11. The molecule has 28 heavy (non-hydrogen) atoms. The van der Waals surface area contributed by atoms with Crippen LogP contribution in [0.1, 0.15) is 23.2 Å². The summed E-state index contributed by atoms with van der Waals surface area (Å²) in [5, 5.41) is 4.59. The Kier molecular flexibility index (Phi) is 5.16. The number of nitrogens with zero attached hydrogens (tertiary/aromatic N) is 2. The second-order valence-corrected chi connectivity index (χ2v) is 6.48. The van der Waals surface area contributed by atoms with E-state index in [0.29, 0.717) is 24.3 Å². The summed E-state index contributed by atoms with van der Waals surface area (Å²) >= 11 is 0. The highest BCUT2D eigenvalue weighted by Crippen LogP contribution is 2.23. The van der Waals surface area contributed by atoms with Crippen molar-refractivity contribution in [2.75, 3.05) is 6.61 Å². The molecule has 1 atom stereocenters. The number of amides is 2. The standard InChI is InChI=1S/C21H20N4O3/c26-20(22-23-21(27)18-12-7-13-28-18)17-14-25(16-10-5-2-6-11-16)24-19(17)15-8-3-1-4-9-15/h1-6,8-11,14,18H,7,12-13H2,(H,22,26)(H,23,27). The van der Waals surface area contributed by atoms with E-state index >= 15 is 0 Å². The number of carbonyl (C=O) groups is 2. The molecule has 0 radical (unpaired) electrons. The number of hydrogen-bond acceptors (Lipinski definition) is 4. The van der Waals surface area contributed by atoms with Crippen molar-refractivity contribution >= 4 is 11.8 Å². The maximum absolute atomic E-state index is 12.8. The van der Waals surface area contributed by atoms with Crippen molar-refractivity contribution in [1.29, 1.82) is 0 Å². The maximum Gasteiger partial charge on any atom is 0.273 e. The summed E-state index contributed by atoms with van der Waals surface area (Å²) in [5.74, 6) is -0.782. The van der Waals surface area contributed by atoms with E-state index < -0.39 is 12.0 Å². The van der Waals surface area contributed by atoms with Crippen molar-refractivity contribution in [3.63, 3.8) is 0 Å². The lowest BCUT2D eigenvalue weighted by Gasteiger charge is -2.11. The third-order valence-electron chi connectivity index (χ3n) is 4.55. The van der Waals surface area contributed by atoms with Crippen LogP contribution in [0, 0.1) is 0 Å². The van der Waals surface area contributed by atoms with Crippen LogP contribution in [0.2, 0.25) is 0 Å². The van der Waals surface area contributed by atoms with Gasteiger partial charge in [-0.25, -0.2) is 4.68 Å². The summed E-state index contributed by atoms with van der Waals surface area (Å²) in [6, 6.07) is 19.0. The number of nitrogens with one attached hydrogen (secondary N) is 2. The van der Waals surface area contributed by atoms with E-state index in [4.69, 9.17) is 4.74 Å². The van der Waals surface area contributed by atoms with E-state index in [9.17, 15) is 9.59 Å². The lowest BCUT2D eigenvalue weighted by atomic mass is 10.1. The highest BCUT2D eigenvalue weighted by Gasteiger charge is 2.25. The number of rotatable bonds is 4. The van der Waals surface area contributed by atoms with Gasteiger partial charge in [0.15, 0.2) is 0 Å². The van der Waals surface area contributed by atoms with Crippen molar-refractivity contribution in [3.8, 4) is 16.9 Å². The van der Waals surface area contributed by atoms with Gasteiger partial charge in [0.25, 0.3) is 11.8 Å². The van der Waals surface area contributed by atoms with Crippen LogP contribution in [0.15, 0.2) is 66.9 Å².